The first-order chi connectivity index (χ1) is 12.7. The summed E-state index contributed by atoms with van der Waals surface area (Å²) in [5.41, 5.74) is 2.19. The molecular formula is C21H30N2O3. The van der Waals surface area contributed by atoms with Crippen molar-refractivity contribution >= 4 is 0 Å². The van der Waals surface area contributed by atoms with Crippen LogP contribution in [0.3, 0.4) is 0 Å². The lowest BCUT2D eigenvalue weighted by atomic mass is 9.96. The van der Waals surface area contributed by atoms with E-state index in [1.54, 1.807) is 0 Å². The molecule has 0 spiro atoms. The van der Waals surface area contributed by atoms with E-state index in [1.807, 2.05) is 12.1 Å². The van der Waals surface area contributed by atoms with Gasteiger partial charge in [0.05, 0.1) is 18.8 Å². The lowest BCUT2D eigenvalue weighted by Crippen LogP contribution is -2.55. The number of rotatable bonds is 4. The fraction of sp³-hybridized carbons (Fsp3) is 0.619. The first-order valence-electron chi connectivity index (χ1n) is 9.67. The quantitative estimate of drug-likeness (QED) is 0.695. The third-order valence-electron chi connectivity index (χ3n) is 5.43. The monoisotopic (exact) mass is 358 g/mol. The molecule has 5 heteroatoms. The molecule has 2 saturated heterocycles. The number of hydrogen-bond donors (Lipinski definition) is 3. The Labute approximate surface area is 156 Å². The molecule has 1 aromatic rings. The van der Waals surface area contributed by atoms with Crippen LogP contribution in [0.2, 0.25) is 0 Å². The Morgan fingerprint density at radius 1 is 1.00 bits per heavy atom. The Kier molecular flexibility index (Phi) is 7.07. The van der Waals surface area contributed by atoms with Crippen LogP contribution in [0.4, 0.5) is 0 Å². The smallest absolute Gasteiger partial charge is 0.0822 e. The number of likely N-dealkylation sites (tertiary alicyclic amines) is 2. The minimum atomic E-state index is -0.331. The van der Waals surface area contributed by atoms with Gasteiger partial charge in [-0.15, -0.1) is 0 Å². The minimum absolute atomic E-state index is 0.0986. The zero-order valence-corrected chi connectivity index (χ0v) is 15.3. The molecule has 0 aromatic heterocycles. The summed E-state index contributed by atoms with van der Waals surface area (Å²) < 4.78 is 0. The van der Waals surface area contributed by atoms with Crippen molar-refractivity contribution in [2.24, 2.45) is 0 Å². The van der Waals surface area contributed by atoms with Crippen molar-refractivity contribution in [1.82, 2.24) is 9.80 Å². The van der Waals surface area contributed by atoms with Crippen molar-refractivity contribution in [3.8, 4) is 11.8 Å². The molecular weight excluding hydrogens is 328 g/mol. The van der Waals surface area contributed by atoms with Crippen molar-refractivity contribution in [3.63, 3.8) is 0 Å². The molecule has 0 radical (unpaired) electrons. The van der Waals surface area contributed by atoms with Gasteiger partial charge in [-0.1, -0.05) is 24.0 Å². The van der Waals surface area contributed by atoms with Crippen molar-refractivity contribution in [2.45, 2.75) is 50.5 Å². The second-order valence-electron chi connectivity index (χ2n) is 7.40. The zero-order valence-electron chi connectivity index (χ0n) is 15.3. The Morgan fingerprint density at radius 2 is 1.73 bits per heavy atom. The zero-order chi connectivity index (χ0) is 18.4. The molecule has 0 bridgehead atoms. The Morgan fingerprint density at radius 3 is 2.38 bits per heavy atom. The van der Waals surface area contributed by atoms with E-state index < -0.39 is 0 Å². The molecule has 2 atom stereocenters. The number of β-amino-alcohol motifs (C(OH)–C–C–N with tert-alkyl or cyclic N) is 1. The Balaban J connectivity index is 1.49. The maximum Gasteiger partial charge on any atom is 0.0822 e. The normalized spacial score (nSPS) is 25.7. The molecule has 0 aliphatic carbocycles. The predicted octanol–water partition coefficient (Wildman–Crippen LogP) is 0.812. The fourth-order valence-electron chi connectivity index (χ4n) is 3.94. The van der Waals surface area contributed by atoms with Gasteiger partial charge in [0.15, 0.2) is 0 Å². The van der Waals surface area contributed by atoms with E-state index in [0.29, 0.717) is 13.0 Å². The van der Waals surface area contributed by atoms with Crippen LogP contribution in [0.1, 0.15) is 36.8 Å². The lowest BCUT2D eigenvalue weighted by Gasteiger charge is -2.43. The summed E-state index contributed by atoms with van der Waals surface area (Å²) in [4.78, 5) is 4.67. The molecule has 0 unspecified atom stereocenters. The van der Waals surface area contributed by atoms with Gasteiger partial charge in [0.1, 0.15) is 0 Å². The molecule has 2 aliphatic rings. The molecule has 2 heterocycles. The second-order valence-corrected chi connectivity index (χ2v) is 7.40. The van der Waals surface area contributed by atoms with Gasteiger partial charge >= 0.3 is 0 Å². The summed E-state index contributed by atoms with van der Waals surface area (Å²) in [6.45, 7) is 4.40. The molecule has 1 aromatic carbocycles. The largest absolute Gasteiger partial charge is 0.395 e. The molecule has 0 saturated carbocycles. The third kappa shape index (κ3) is 5.29. The Bertz CT molecular complexity index is 614. The van der Waals surface area contributed by atoms with E-state index >= 15 is 0 Å². The predicted molar refractivity (Wildman–Crippen MR) is 102 cm³/mol. The van der Waals surface area contributed by atoms with Crippen LogP contribution >= 0.6 is 0 Å². The van der Waals surface area contributed by atoms with Gasteiger partial charge in [0, 0.05) is 50.7 Å². The van der Waals surface area contributed by atoms with Gasteiger partial charge in [0.2, 0.25) is 0 Å². The first kappa shape index (κ1) is 19.3. The van der Waals surface area contributed by atoms with Crippen LogP contribution in [-0.2, 0) is 6.54 Å². The van der Waals surface area contributed by atoms with Gasteiger partial charge < -0.3 is 15.3 Å². The molecule has 3 N–H and O–H groups in total. The van der Waals surface area contributed by atoms with Crippen LogP contribution < -0.4 is 0 Å². The number of aliphatic hydroxyl groups is 3. The van der Waals surface area contributed by atoms with Crippen LogP contribution in [0.25, 0.3) is 0 Å². The lowest BCUT2D eigenvalue weighted by molar-refractivity contribution is -0.0355. The summed E-state index contributed by atoms with van der Waals surface area (Å²) >= 11 is 0. The highest BCUT2D eigenvalue weighted by molar-refractivity contribution is 5.36. The average Bonchev–Trinajstić information content (AvgIpc) is 2.65. The molecule has 2 fully saturated rings. The van der Waals surface area contributed by atoms with Gasteiger partial charge in [0.25, 0.3) is 0 Å². The highest BCUT2D eigenvalue weighted by atomic mass is 16.3. The summed E-state index contributed by atoms with van der Waals surface area (Å²) in [5, 5.41) is 29.0. The highest BCUT2D eigenvalue weighted by Gasteiger charge is 2.33. The van der Waals surface area contributed by atoms with Gasteiger partial charge in [-0.05, 0) is 37.0 Å². The standard InChI is InChI=1S/C21H30N2O3/c24-14-2-1-3-17-4-6-18(7-5-17)15-22-11-10-20(21(26)16-22)23-12-8-19(25)9-13-23/h4-7,19-21,24-26H,2,8-16H2/t20-,21-/m1/s1. The first-order valence-corrected chi connectivity index (χ1v) is 9.67. The Hall–Kier alpha value is -1.42. The van der Waals surface area contributed by atoms with Gasteiger partial charge in [-0.25, -0.2) is 0 Å². The van der Waals surface area contributed by atoms with E-state index in [2.05, 4.69) is 33.8 Å². The molecule has 5 nitrogen and oxygen atoms in total. The summed E-state index contributed by atoms with van der Waals surface area (Å²) in [5.74, 6) is 5.97. The molecule has 26 heavy (non-hydrogen) atoms. The van der Waals surface area contributed by atoms with Crippen LogP contribution in [-0.4, -0.2) is 76.2 Å². The van der Waals surface area contributed by atoms with E-state index in [-0.39, 0.29) is 24.9 Å². The van der Waals surface area contributed by atoms with E-state index in [0.717, 1.165) is 51.0 Å². The van der Waals surface area contributed by atoms with Gasteiger partial charge in [-0.2, -0.15) is 0 Å². The number of nitrogens with zero attached hydrogens (tertiary/aromatic N) is 2. The third-order valence-corrected chi connectivity index (χ3v) is 5.43. The van der Waals surface area contributed by atoms with Crippen LogP contribution in [0.15, 0.2) is 24.3 Å². The maximum atomic E-state index is 10.6. The summed E-state index contributed by atoms with van der Waals surface area (Å²) in [7, 11) is 0. The van der Waals surface area contributed by atoms with E-state index in [1.165, 1.54) is 5.56 Å². The van der Waals surface area contributed by atoms with E-state index in [4.69, 9.17) is 5.11 Å². The number of hydrogen-bond acceptors (Lipinski definition) is 5. The molecule has 3 rings (SSSR count). The highest BCUT2D eigenvalue weighted by Crippen LogP contribution is 2.22. The summed E-state index contributed by atoms with van der Waals surface area (Å²) in [6, 6.07) is 8.44. The SMILES string of the molecule is OCCC#Cc1ccc(CN2CC[C@@H](N3CCC(O)CC3)[C@H](O)C2)cc1. The van der Waals surface area contributed by atoms with Crippen molar-refractivity contribution in [3.05, 3.63) is 35.4 Å². The van der Waals surface area contributed by atoms with Crippen molar-refractivity contribution in [1.29, 1.82) is 0 Å². The molecule has 142 valence electrons. The topological polar surface area (TPSA) is 67.2 Å². The van der Waals surface area contributed by atoms with Crippen molar-refractivity contribution in [2.75, 3.05) is 32.8 Å². The second kappa shape index (κ2) is 9.50. The number of benzene rings is 1. The van der Waals surface area contributed by atoms with Crippen molar-refractivity contribution < 1.29 is 15.3 Å². The van der Waals surface area contributed by atoms with Crippen LogP contribution in [0, 0.1) is 11.8 Å². The molecule has 2 aliphatic heterocycles. The average molecular weight is 358 g/mol. The molecule has 0 amide bonds. The maximum absolute atomic E-state index is 10.6. The fourth-order valence-corrected chi connectivity index (χ4v) is 3.94. The van der Waals surface area contributed by atoms with Gasteiger partial charge in [-0.3, -0.25) is 9.80 Å². The minimum Gasteiger partial charge on any atom is -0.395 e. The van der Waals surface area contributed by atoms with Crippen LogP contribution in [0.5, 0.6) is 0 Å². The van der Waals surface area contributed by atoms with E-state index in [9.17, 15) is 10.2 Å². The number of aliphatic hydroxyl groups excluding tert-OH is 3. The number of piperidine rings is 2. The summed E-state index contributed by atoms with van der Waals surface area (Å²) in [6.07, 6.45) is 2.62.